The normalized spacial score (nSPS) is 20.7. The van der Waals surface area contributed by atoms with Crippen LogP contribution >= 0.6 is 0 Å². The van der Waals surface area contributed by atoms with Gasteiger partial charge >= 0.3 is 5.97 Å². The first-order chi connectivity index (χ1) is 14.4. The van der Waals surface area contributed by atoms with E-state index in [1.807, 2.05) is 0 Å². The van der Waals surface area contributed by atoms with E-state index in [0.717, 1.165) is 0 Å². The molecule has 0 saturated carbocycles. The number of dihydropyridines is 1. The summed E-state index contributed by atoms with van der Waals surface area (Å²) in [6.45, 7) is 0.00142. The summed E-state index contributed by atoms with van der Waals surface area (Å²) in [6.07, 6.45) is 8.89. The number of carboxylic acid groups (broad SMARTS) is 1. The second-order valence-corrected chi connectivity index (χ2v) is 6.98. The zero-order chi connectivity index (χ0) is 21.7. The number of carbonyl (C=O) groups excluding carboxylic acids is 1. The van der Waals surface area contributed by atoms with Crippen molar-refractivity contribution >= 4 is 17.6 Å². The fourth-order valence-corrected chi connectivity index (χ4v) is 3.44. The molecule has 0 fully saturated rings. The first kappa shape index (κ1) is 21.3. The predicted molar refractivity (Wildman–Crippen MR) is 111 cm³/mol. The number of nitrogens with zero attached hydrogens (tertiary/aromatic N) is 2. The van der Waals surface area contributed by atoms with Crippen LogP contribution in [0.15, 0.2) is 59.3 Å². The van der Waals surface area contributed by atoms with E-state index < -0.39 is 11.9 Å². The second kappa shape index (κ2) is 9.41. The number of allylic oxidation sites excluding steroid dienone is 2. The van der Waals surface area contributed by atoms with Crippen molar-refractivity contribution in [2.24, 2.45) is 10.9 Å². The lowest BCUT2D eigenvalue weighted by Gasteiger charge is -2.31. The van der Waals surface area contributed by atoms with Gasteiger partial charge < -0.3 is 19.7 Å². The lowest BCUT2D eigenvalue weighted by molar-refractivity contribution is -0.139. The first-order valence-electron chi connectivity index (χ1n) is 9.47. The first-order valence-corrected chi connectivity index (χ1v) is 9.47. The van der Waals surface area contributed by atoms with Gasteiger partial charge in [-0.05, 0) is 42.8 Å². The van der Waals surface area contributed by atoms with Gasteiger partial charge in [0.25, 0.3) is 5.91 Å². The molecule has 30 heavy (non-hydrogen) atoms. The van der Waals surface area contributed by atoms with Gasteiger partial charge in [-0.25, -0.2) is 4.99 Å². The van der Waals surface area contributed by atoms with Crippen molar-refractivity contribution in [1.29, 1.82) is 0 Å². The highest BCUT2D eigenvalue weighted by Gasteiger charge is 2.27. The van der Waals surface area contributed by atoms with E-state index in [2.05, 4.69) is 4.99 Å². The van der Waals surface area contributed by atoms with Crippen LogP contribution in [0.25, 0.3) is 0 Å². The van der Waals surface area contributed by atoms with Crippen LogP contribution in [-0.2, 0) is 9.59 Å². The van der Waals surface area contributed by atoms with Crippen LogP contribution < -0.4 is 9.47 Å². The molecular weight excluding hydrogens is 388 g/mol. The molecule has 2 aliphatic rings. The Hall–Kier alpha value is -3.39. The second-order valence-electron chi connectivity index (χ2n) is 6.98. The van der Waals surface area contributed by atoms with Crippen LogP contribution in [0.5, 0.6) is 11.5 Å². The minimum atomic E-state index is -0.982. The highest BCUT2D eigenvalue weighted by atomic mass is 16.5. The number of aliphatic carboxylic acids is 1. The van der Waals surface area contributed by atoms with Crippen LogP contribution in [0.2, 0.25) is 0 Å². The molecule has 1 aliphatic carbocycles. The molecule has 1 aliphatic heterocycles. The molecule has 0 aromatic heterocycles. The fraction of sp³-hybridized carbons (Fsp3) is 0.318. The minimum Gasteiger partial charge on any atom is -0.508 e. The molecule has 2 atom stereocenters. The maximum atomic E-state index is 12.7. The number of aliphatic hydroxyl groups excluding tert-OH is 1. The van der Waals surface area contributed by atoms with Gasteiger partial charge in [-0.1, -0.05) is 12.2 Å². The molecule has 158 valence electrons. The molecule has 0 radical (unpaired) electrons. The summed E-state index contributed by atoms with van der Waals surface area (Å²) in [5.74, 6) is -0.607. The molecule has 2 unspecified atom stereocenters. The van der Waals surface area contributed by atoms with Crippen molar-refractivity contribution in [3.63, 3.8) is 0 Å². The van der Waals surface area contributed by atoms with E-state index >= 15 is 0 Å². The quantitative estimate of drug-likeness (QED) is 0.675. The van der Waals surface area contributed by atoms with Crippen LogP contribution in [0.3, 0.4) is 0 Å². The van der Waals surface area contributed by atoms with Crippen molar-refractivity contribution in [1.82, 2.24) is 4.90 Å². The van der Waals surface area contributed by atoms with Crippen LogP contribution in [-0.4, -0.2) is 66.1 Å². The van der Waals surface area contributed by atoms with E-state index in [-0.39, 0.29) is 30.8 Å². The highest BCUT2D eigenvalue weighted by Crippen LogP contribution is 2.29. The zero-order valence-corrected chi connectivity index (χ0v) is 16.8. The average molecular weight is 412 g/mol. The number of carboxylic acids is 1. The molecule has 1 amide bonds. The van der Waals surface area contributed by atoms with Gasteiger partial charge in [0.15, 0.2) is 11.5 Å². The van der Waals surface area contributed by atoms with Gasteiger partial charge in [0.2, 0.25) is 0 Å². The summed E-state index contributed by atoms with van der Waals surface area (Å²) in [4.78, 5) is 29.9. The highest BCUT2D eigenvalue weighted by molar-refractivity contribution is 6.15. The summed E-state index contributed by atoms with van der Waals surface area (Å²) in [5, 5.41) is 18.8. The third-order valence-electron chi connectivity index (χ3n) is 5.01. The molecule has 0 bridgehead atoms. The maximum absolute atomic E-state index is 12.7. The summed E-state index contributed by atoms with van der Waals surface area (Å²) < 4.78 is 10.5. The van der Waals surface area contributed by atoms with E-state index in [0.29, 0.717) is 29.2 Å². The lowest BCUT2D eigenvalue weighted by atomic mass is 9.98. The van der Waals surface area contributed by atoms with Crippen molar-refractivity contribution in [3.05, 3.63) is 59.9 Å². The smallest absolute Gasteiger partial charge is 0.317 e. The number of rotatable bonds is 8. The van der Waals surface area contributed by atoms with Crippen molar-refractivity contribution < 1.29 is 29.3 Å². The summed E-state index contributed by atoms with van der Waals surface area (Å²) >= 11 is 0. The number of ether oxygens (including phenoxy) is 2. The standard InChI is InChI=1S/C22H24N2O6/c1-29-19-10-4-14(11-20(19)30-2)18-9-3-15(22(28)23-18)12-24(13-21(26)27)16-5-7-17(25)8-6-16/h3-5,7-11,15-16,25H,6,12-13H2,1-2H3,(H,26,27). The monoisotopic (exact) mass is 412 g/mol. The molecule has 8 heteroatoms. The van der Waals surface area contributed by atoms with Gasteiger partial charge in [0.1, 0.15) is 5.76 Å². The van der Waals surface area contributed by atoms with Crippen LogP contribution in [0.1, 0.15) is 12.0 Å². The molecule has 1 heterocycles. The number of carbonyl (C=O) groups is 2. The third kappa shape index (κ3) is 4.96. The molecule has 0 spiro atoms. The molecule has 0 saturated heterocycles. The number of amides is 1. The average Bonchev–Trinajstić information content (AvgIpc) is 2.74. The number of hydrogen-bond acceptors (Lipinski definition) is 6. The SMILES string of the molecule is COc1ccc(C2=NC(=O)C(CN(CC(=O)O)C3C=CC(O)=CC3)C=C2)cc1OC. The molecular formula is C22H24N2O6. The number of hydrogen-bond donors (Lipinski definition) is 2. The number of benzene rings is 1. The van der Waals surface area contributed by atoms with E-state index in [9.17, 15) is 19.8 Å². The number of aliphatic hydroxyl groups is 1. The van der Waals surface area contributed by atoms with E-state index in [4.69, 9.17) is 9.47 Å². The summed E-state index contributed by atoms with van der Waals surface area (Å²) in [6, 6.07) is 5.07. The summed E-state index contributed by atoms with van der Waals surface area (Å²) in [7, 11) is 3.08. The Labute approximate surface area is 174 Å². The van der Waals surface area contributed by atoms with Crippen molar-refractivity contribution in [3.8, 4) is 11.5 Å². The molecule has 2 N–H and O–H groups in total. The van der Waals surface area contributed by atoms with Gasteiger partial charge in [-0.2, -0.15) is 0 Å². The molecule has 1 aromatic rings. The van der Waals surface area contributed by atoms with Gasteiger partial charge in [0, 0.05) is 18.2 Å². The molecule has 3 rings (SSSR count). The Bertz CT molecular complexity index is 947. The Morgan fingerprint density at radius 2 is 1.97 bits per heavy atom. The Morgan fingerprint density at radius 1 is 1.20 bits per heavy atom. The Kier molecular flexibility index (Phi) is 6.68. The van der Waals surface area contributed by atoms with E-state index in [1.165, 1.54) is 13.2 Å². The zero-order valence-electron chi connectivity index (χ0n) is 16.8. The van der Waals surface area contributed by atoms with E-state index in [1.54, 1.807) is 54.5 Å². The summed E-state index contributed by atoms with van der Waals surface area (Å²) in [5.41, 5.74) is 1.22. The van der Waals surface area contributed by atoms with Crippen LogP contribution in [0.4, 0.5) is 0 Å². The number of aliphatic imine (C=N–C) groups is 1. The van der Waals surface area contributed by atoms with Crippen molar-refractivity contribution in [2.75, 3.05) is 27.3 Å². The van der Waals surface area contributed by atoms with Gasteiger partial charge in [0.05, 0.1) is 32.4 Å². The Morgan fingerprint density at radius 3 is 2.57 bits per heavy atom. The fourth-order valence-electron chi connectivity index (χ4n) is 3.44. The molecule has 1 aromatic carbocycles. The van der Waals surface area contributed by atoms with Crippen molar-refractivity contribution in [2.45, 2.75) is 12.5 Å². The lowest BCUT2D eigenvalue weighted by Crippen LogP contribution is -2.43. The predicted octanol–water partition coefficient (Wildman–Crippen LogP) is 2.36. The Balaban J connectivity index is 1.74. The van der Waals surface area contributed by atoms with Gasteiger partial charge in [-0.3, -0.25) is 14.5 Å². The molecule has 8 nitrogen and oxygen atoms in total. The third-order valence-corrected chi connectivity index (χ3v) is 5.01. The van der Waals surface area contributed by atoms with Gasteiger partial charge in [-0.15, -0.1) is 0 Å². The topological polar surface area (TPSA) is 109 Å². The number of methoxy groups -OCH3 is 2. The maximum Gasteiger partial charge on any atom is 0.317 e. The largest absolute Gasteiger partial charge is 0.508 e. The van der Waals surface area contributed by atoms with Crippen LogP contribution in [0, 0.1) is 5.92 Å². The minimum absolute atomic E-state index is 0.152.